The molecule has 1 heterocycles. The molecule has 0 aliphatic rings. The zero-order valence-corrected chi connectivity index (χ0v) is 7.15. The highest BCUT2D eigenvalue weighted by Gasteiger charge is 2.15. The van der Waals surface area contributed by atoms with Crippen LogP contribution in [0.2, 0.25) is 0 Å². The van der Waals surface area contributed by atoms with E-state index in [4.69, 9.17) is 17.3 Å². The van der Waals surface area contributed by atoms with Gasteiger partial charge >= 0.3 is 0 Å². The van der Waals surface area contributed by atoms with Gasteiger partial charge in [0.05, 0.1) is 5.88 Å². The fourth-order valence-electron chi connectivity index (χ4n) is 0.836. The maximum absolute atomic E-state index is 12.9. The van der Waals surface area contributed by atoms with Gasteiger partial charge < -0.3 is 5.73 Å². The minimum Gasteiger partial charge on any atom is -0.381 e. The van der Waals surface area contributed by atoms with Crippen LogP contribution in [-0.4, -0.2) is 4.98 Å². The second-order valence-electron chi connectivity index (χ2n) is 2.34. The number of halogens is 4. The van der Waals surface area contributed by atoms with E-state index in [1.54, 1.807) is 0 Å². The molecule has 0 aliphatic heterocycles. The van der Waals surface area contributed by atoms with Gasteiger partial charge in [-0.3, -0.25) is 0 Å². The van der Waals surface area contributed by atoms with E-state index < -0.39 is 23.8 Å². The maximum Gasteiger partial charge on any atom is 0.280 e. The molecule has 13 heavy (non-hydrogen) atoms. The van der Waals surface area contributed by atoms with E-state index in [0.29, 0.717) is 0 Å². The highest BCUT2D eigenvalue weighted by atomic mass is 35.5. The van der Waals surface area contributed by atoms with Crippen LogP contribution in [0.5, 0.6) is 0 Å². The lowest BCUT2D eigenvalue weighted by Crippen LogP contribution is -2.03. The van der Waals surface area contributed by atoms with Gasteiger partial charge in [-0.25, -0.2) is 18.2 Å². The van der Waals surface area contributed by atoms with Crippen LogP contribution in [0.4, 0.5) is 19.0 Å². The molecule has 0 aromatic carbocycles. The Morgan fingerprint density at radius 2 is 2.15 bits per heavy atom. The van der Waals surface area contributed by atoms with Crippen molar-refractivity contribution in [2.45, 2.75) is 12.3 Å². The number of pyridine rings is 1. The fraction of sp³-hybridized carbons (Fsp3) is 0.286. The topological polar surface area (TPSA) is 38.9 Å². The maximum atomic E-state index is 12.9. The van der Waals surface area contributed by atoms with Gasteiger partial charge in [-0.15, -0.1) is 11.6 Å². The Morgan fingerprint density at radius 3 is 2.62 bits per heavy atom. The highest BCUT2D eigenvalue weighted by Crippen LogP contribution is 2.23. The van der Waals surface area contributed by atoms with Crippen molar-refractivity contribution < 1.29 is 13.2 Å². The van der Waals surface area contributed by atoms with Gasteiger partial charge in [0.1, 0.15) is 5.69 Å². The number of nitrogen functional groups attached to an aromatic ring is 1. The Kier molecular flexibility index (Phi) is 2.98. The van der Waals surface area contributed by atoms with Gasteiger partial charge in [-0.2, -0.15) is 0 Å². The molecular weight excluding hydrogens is 205 g/mol. The fourth-order valence-corrected chi connectivity index (χ4v) is 1.03. The predicted molar refractivity (Wildman–Crippen MR) is 43.1 cm³/mol. The highest BCUT2D eigenvalue weighted by molar-refractivity contribution is 6.17. The van der Waals surface area contributed by atoms with Crippen LogP contribution in [0, 0.1) is 5.82 Å². The van der Waals surface area contributed by atoms with Crippen molar-refractivity contribution in [3.8, 4) is 0 Å². The molecule has 0 saturated carbocycles. The van der Waals surface area contributed by atoms with Crippen LogP contribution in [-0.2, 0) is 5.88 Å². The predicted octanol–water partition coefficient (Wildman–Crippen LogP) is 2.48. The number of anilines is 1. The molecule has 6 heteroatoms. The van der Waals surface area contributed by atoms with Crippen LogP contribution in [0.3, 0.4) is 0 Å². The molecule has 0 saturated heterocycles. The smallest absolute Gasteiger partial charge is 0.280 e. The Balaban J connectivity index is 3.22. The van der Waals surface area contributed by atoms with Crippen molar-refractivity contribution in [1.82, 2.24) is 4.98 Å². The minimum absolute atomic E-state index is 0.0653. The lowest BCUT2D eigenvalue weighted by molar-refractivity contribution is 0.146. The number of hydrogen-bond acceptors (Lipinski definition) is 2. The summed E-state index contributed by atoms with van der Waals surface area (Å²) in [6.07, 6.45) is -2.77. The molecule has 1 aromatic heterocycles. The number of nitrogens with two attached hydrogens (primary N) is 1. The number of alkyl halides is 3. The Morgan fingerprint density at radius 1 is 1.54 bits per heavy atom. The lowest BCUT2D eigenvalue weighted by atomic mass is 10.2. The first-order valence-electron chi connectivity index (χ1n) is 3.35. The largest absolute Gasteiger partial charge is 0.381 e. The third-order valence-electron chi connectivity index (χ3n) is 1.45. The third-order valence-corrected chi connectivity index (χ3v) is 1.73. The summed E-state index contributed by atoms with van der Waals surface area (Å²) in [5.74, 6) is -1.59. The van der Waals surface area contributed by atoms with Crippen LogP contribution < -0.4 is 5.73 Å². The summed E-state index contributed by atoms with van der Waals surface area (Å²) in [4.78, 5) is 3.17. The zero-order valence-electron chi connectivity index (χ0n) is 6.40. The molecule has 1 aromatic rings. The summed E-state index contributed by atoms with van der Waals surface area (Å²) in [7, 11) is 0. The molecule has 0 aliphatic carbocycles. The summed E-state index contributed by atoms with van der Waals surface area (Å²) in [5.41, 5.74) is 4.43. The van der Waals surface area contributed by atoms with Gasteiger partial charge in [0.25, 0.3) is 6.43 Å². The molecule has 0 unspecified atom stereocenters. The standard InChI is InChI=1S/C7H6ClF3N2/c8-2-3-1-4(6(10)11)13-7(12)5(3)9/h1,6H,2H2,(H2,12,13). The summed E-state index contributed by atoms with van der Waals surface area (Å²) in [6.45, 7) is 0. The van der Waals surface area contributed by atoms with Crippen molar-refractivity contribution in [1.29, 1.82) is 0 Å². The minimum atomic E-state index is -2.77. The second-order valence-corrected chi connectivity index (χ2v) is 2.61. The lowest BCUT2D eigenvalue weighted by Gasteiger charge is -2.05. The van der Waals surface area contributed by atoms with Crippen LogP contribution in [0.1, 0.15) is 17.7 Å². The van der Waals surface area contributed by atoms with Crippen molar-refractivity contribution in [3.05, 3.63) is 23.1 Å². The van der Waals surface area contributed by atoms with E-state index in [2.05, 4.69) is 4.98 Å². The first-order valence-corrected chi connectivity index (χ1v) is 3.88. The molecule has 72 valence electrons. The van der Waals surface area contributed by atoms with E-state index in [1.165, 1.54) is 0 Å². The van der Waals surface area contributed by atoms with Crippen LogP contribution >= 0.6 is 11.6 Å². The molecule has 0 atom stereocenters. The van der Waals surface area contributed by atoms with E-state index in [1.807, 2.05) is 0 Å². The Bertz CT molecular complexity index is 317. The van der Waals surface area contributed by atoms with Crippen molar-refractivity contribution >= 4 is 17.4 Å². The average Bonchev–Trinajstić information content (AvgIpc) is 2.09. The number of aromatic nitrogens is 1. The van der Waals surface area contributed by atoms with E-state index in [-0.39, 0.29) is 11.4 Å². The molecular formula is C7H6ClF3N2. The van der Waals surface area contributed by atoms with Crippen LogP contribution in [0.25, 0.3) is 0 Å². The van der Waals surface area contributed by atoms with Gasteiger partial charge in [-0.05, 0) is 6.07 Å². The van der Waals surface area contributed by atoms with Gasteiger partial charge in [0, 0.05) is 5.56 Å². The van der Waals surface area contributed by atoms with Gasteiger partial charge in [-0.1, -0.05) is 0 Å². The van der Waals surface area contributed by atoms with Crippen molar-refractivity contribution in [2.24, 2.45) is 0 Å². The SMILES string of the molecule is Nc1nc(C(F)F)cc(CCl)c1F. The quantitative estimate of drug-likeness (QED) is 0.762. The first kappa shape index (κ1) is 10.1. The molecule has 0 spiro atoms. The van der Waals surface area contributed by atoms with E-state index in [9.17, 15) is 13.2 Å². The summed E-state index contributed by atoms with van der Waals surface area (Å²) >= 11 is 5.31. The number of rotatable bonds is 2. The molecule has 0 radical (unpaired) electrons. The zero-order chi connectivity index (χ0) is 10.0. The summed E-state index contributed by atoms with van der Waals surface area (Å²) in [5, 5.41) is 0. The third kappa shape index (κ3) is 2.03. The van der Waals surface area contributed by atoms with E-state index >= 15 is 0 Å². The van der Waals surface area contributed by atoms with Gasteiger partial charge in [0.2, 0.25) is 0 Å². The first-order chi connectivity index (χ1) is 6.06. The van der Waals surface area contributed by atoms with Crippen molar-refractivity contribution in [3.63, 3.8) is 0 Å². The molecule has 1 rings (SSSR count). The molecule has 0 fully saturated rings. The summed E-state index contributed by atoms with van der Waals surface area (Å²) < 4.78 is 37.2. The second kappa shape index (κ2) is 3.83. The number of nitrogens with zero attached hydrogens (tertiary/aromatic N) is 1. The molecule has 0 amide bonds. The monoisotopic (exact) mass is 210 g/mol. The molecule has 0 bridgehead atoms. The Labute approximate surface area is 77.5 Å². The van der Waals surface area contributed by atoms with E-state index in [0.717, 1.165) is 6.07 Å². The normalized spacial score (nSPS) is 10.8. The van der Waals surface area contributed by atoms with Crippen LogP contribution in [0.15, 0.2) is 6.07 Å². The van der Waals surface area contributed by atoms with Crippen molar-refractivity contribution in [2.75, 3.05) is 5.73 Å². The molecule has 2 N–H and O–H groups in total. The summed E-state index contributed by atoms with van der Waals surface area (Å²) in [6, 6.07) is 0.906. The van der Waals surface area contributed by atoms with Gasteiger partial charge in [0.15, 0.2) is 11.6 Å². The number of hydrogen-bond donors (Lipinski definition) is 1. The average molecular weight is 211 g/mol. The Hall–Kier alpha value is -0.970. The molecule has 2 nitrogen and oxygen atoms in total.